The number of benzene rings is 1. The highest BCUT2D eigenvalue weighted by Crippen LogP contribution is 2.34. The van der Waals surface area contributed by atoms with E-state index in [0.29, 0.717) is 5.56 Å². The number of methoxy groups -OCH3 is 1. The van der Waals surface area contributed by atoms with Crippen molar-refractivity contribution in [3.63, 3.8) is 0 Å². The maximum Gasteiger partial charge on any atom is 0.310 e. The summed E-state index contributed by atoms with van der Waals surface area (Å²) in [5.41, 5.74) is 0.532. The lowest BCUT2D eigenvalue weighted by atomic mass is 9.91. The van der Waals surface area contributed by atoms with E-state index in [-0.39, 0.29) is 6.42 Å². The fraction of sp³-hybridized carbons (Fsp3) is 0.500. The Kier molecular flexibility index (Phi) is 7.72. The summed E-state index contributed by atoms with van der Waals surface area (Å²) in [7, 11) is 1.31. The number of hydrogen-bond acceptors (Lipinski definition) is 9. The smallest absolute Gasteiger partial charge is 0.310 e. The number of rotatable bonds is 5. The third kappa shape index (κ3) is 6.02. The average molecular weight is 408 g/mol. The highest BCUT2D eigenvalue weighted by molar-refractivity contribution is 5.73. The van der Waals surface area contributed by atoms with E-state index in [1.165, 1.54) is 27.9 Å². The first-order chi connectivity index (χ1) is 13.7. The van der Waals surface area contributed by atoms with Gasteiger partial charge in [0.25, 0.3) is 0 Å². The lowest BCUT2D eigenvalue weighted by Crippen LogP contribution is -2.55. The van der Waals surface area contributed by atoms with Crippen molar-refractivity contribution in [2.75, 3.05) is 7.11 Å². The predicted molar refractivity (Wildman–Crippen MR) is 97.4 cm³/mol. The number of carbonyl (C=O) groups is 4. The molecule has 1 fully saturated rings. The van der Waals surface area contributed by atoms with Crippen LogP contribution in [-0.4, -0.2) is 55.4 Å². The molecule has 1 saturated heterocycles. The van der Waals surface area contributed by atoms with Gasteiger partial charge in [-0.05, 0) is 5.56 Å². The minimum absolute atomic E-state index is 0.327. The monoisotopic (exact) mass is 408 g/mol. The van der Waals surface area contributed by atoms with Gasteiger partial charge in [-0.1, -0.05) is 30.3 Å². The SMILES string of the molecule is CO[C@H]1[C@@H](OC(C)=O)[C@H](OC(C)=O)[C@@H](c2ccccc2)OC(=O)C[C@H]1OC(C)=O. The van der Waals surface area contributed by atoms with Crippen LogP contribution in [0, 0.1) is 0 Å². The lowest BCUT2D eigenvalue weighted by Gasteiger charge is -2.40. The van der Waals surface area contributed by atoms with Crippen LogP contribution in [-0.2, 0) is 42.9 Å². The first kappa shape index (κ1) is 22.4. The van der Waals surface area contributed by atoms with Crippen molar-refractivity contribution in [2.24, 2.45) is 0 Å². The second kappa shape index (κ2) is 10.0. The molecule has 2 rings (SSSR count). The van der Waals surface area contributed by atoms with Gasteiger partial charge in [0, 0.05) is 27.9 Å². The number of ether oxygens (including phenoxy) is 5. The molecule has 1 aromatic rings. The highest BCUT2D eigenvalue weighted by Gasteiger charge is 2.49. The number of carbonyl (C=O) groups excluding carboxylic acids is 4. The van der Waals surface area contributed by atoms with E-state index in [0.717, 1.165) is 0 Å². The van der Waals surface area contributed by atoms with Crippen LogP contribution in [0.2, 0.25) is 0 Å². The molecule has 9 heteroatoms. The van der Waals surface area contributed by atoms with Gasteiger partial charge in [0.2, 0.25) is 0 Å². The summed E-state index contributed by atoms with van der Waals surface area (Å²) in [6.45, 7) is 3.54. The number of cyclic esters (lactones) is 1. The number of hydrogen-bond donors (Lipinski definition) is 0. The molecule has 0 unspecified atom stereocenters. The van der Waals surface area contributed by atoms with Gasteiger partial charge in [-0.2, -0.15) is 0 Å². The second-order valence-corrected chi connectivity index (χ2v) is 6.52. The van der Waals surface area contributed by atoms with Crippen molar-refractivity contribution >= 4 is 23.9 Å². The fourth-order valence-electron chi connectivity index (χ4n) is 3.26. The van der Waals surface area contributed by atoms with Gasteiger partial charge in [0.15, 0.2) is 18.3 Å². The molecule has 1 aliphatic rings. The average Bonchev–Trinajstić information content (AvgIpc) is 2.63. The number of esters is 4. The van der Waals surface area contributed by atoms with Crippen LogP contribution >= 0.6 is 0 Å². The summed E-state index contributed by atoms with van der Waals surface area (Å²) in [5, 5.41) is 0. The molecule has 158 valence electrons. The molecule has 0 aromatic heterocycles. The molecule has 0 radical (unpaired) electrons. The van der Waals surface area contributed by atoms with Crippen molar-refractivity contribution < 1.29 is 42.9 Å². The van der Waals surface area contributed by atoms with Gasteiger partial charge in [-0.25, -0.2) is 0 Å². The van der Waals surface area contributed by atoms with Gasteiger partial charge < -0.3 is 23.7 Å². The van der Waals surface area contributed by atoms with E-state index in [4.69, 9.17) is 23.7 Å². The normalized spacial score (nSPS) is 27.0. The molecule has 9 nitrogen and oxygen atoms in total. The Morgan fingerprint density at radius 2 is 1.41 bits per heavy atom. The topological polar surface area (TPSA) is 114 Å². The molecule has 1 aliphatic heterocycles. The van der Waals surface area contributed by atoms with Gasteiger partial charge in [-0.3, -0.25) is 19.2 Å². The zero-order valence-corrected chi connectivity index (χ0v) is 16.7. The van der Waals surface area contributed by atoms with Crippen LogP contribution in [0.25, 0.3) is 0 Å². The summed E-state index contributed by atoms with van der Waals surface area (Å²) < 4.78 is 27.1. The summed E-state index contributed by atoms with van der Waals surface area (Å²) in [6.07, 6.45) is -6.01. The molecular formula is C20H24O9. The molecule has 5 atom stereocenters. The van der Waals surface area contributed by atoms with Gasteiger partial charge >= 0.3 is 23.9 Å². The van der Waals surface area contributed by atoms with Crippen molar-refractivity contribution in [1.29, 1.82) is 0 Å². The molecule has 0 amide bonds. The summed E-state index contributed by atoms with van der Waals surface area (Å²) in [4.78, 5) is 47.7. The van der Waals surface area contributed by atoms with Crippen molar-refractivity contribution in [3.05, 3.63) is 35.9 Å². The molecule has 0 aliphatic carbocycles. The summed E-state index contributed by atoms with van der Waals surface area (Å²) in [6, 6.07) is 8.60. The Balaban J connectivity index is 2.57. The van der Waals surface area contributed by atoms with Crippen LogP contribution < -0.4 is 0 Å². The Labute approximate surface area is 168 Å². The fourth-order valence-corrected chi connectivity index (χ4v) is 3.26. The Morgan fingerprint density at radius 1 is 0.862 bits per heavy atom. The zero-order chi connectivity index (χ0) is 21.6. The van der Waals surface area contributed by atoms with Crippen LogP contribution in [0.1, 0.15) is 38.9 Å². The van der Waals surface area contributed by atoms with Crippen molar-refractivity contribution in [1.82, 2.24) is 0 Å². The Morgan fingerprint density at radius 3 is 1.93 bits per heavy atom. The van der Waals surface area contributed by atoms with E-state index in [2.05, 4.69) is 0 Å². The van der Waals surface area contributed by atoms with E-state index in [9.17, 15) is 19.2 Å². The lowest BCUT2D eigenvalue weighted by molar-refractivity contribution is -0.216. The van der Waals surface area contributed by atoms with Crippen LogP contribution in [0.4, 0.5) is 0 Å². The standard InChI is InChI=1S/C20H24O9/c1-11(21)26-15-10-16(24)29-17(14-8-6-5-7-9-14)19(27-12(2)22)20(18(15)25-4)28-13(3)23/h5-9,15,17-20H,10H2,1-4H3/t15-,17-,18-,19-,20-/m1/s1. The molecule has 0 saturated carbocycles. The molecule has 29 heavy (non-hydrogen) atoms. The van der Waals surface area contributed by atoms with Crippen LogP contribution in [0.3, 0.4) is 0 Å². The zero-order valence-electron chi connectivity index (χ0n) is 16.7. The first-order valence-electron chi connectivity index (χ1n) is 9.01. The molecule has 0 bridgehead atoms. The second-order valence-electron chi connectivity index (χ2n) is 6.52. The highest BCUT2D eigenvalue weighted by atomic mass is 16.6. The molecule has 1 heterocycles. The van der Waals surface area contributed by atoms with Crippen LogP contribution in [0.5, 0.6) is 0 Å². The maximum absolute atomic E-state index is 12.5. The minimum atomic E-state index is -1.23. The molecule has 0 spiro atoms. The quantitative estimate of drug-likeness (QED) is 0.528. The van der Waals surface area contributed by atoms with E-state index in [1.807, 2.05) is 0 Å². The third-order valence-corrected chi connectivity index (χ3v) is 4.26. The van der Waals surface area contributed by atoms with Gasteiger partial charge in [0.1, 0.15) is 12.2 Å². The van der Waals surface area contributed by atoms with Crippen molar-refractivity contribution in [2.45, 2.75) is 57.7 Å². The van der Waals surface area contributed by atoms with E-state index in [1.54, 1.807) is 30.3 Å². The van der Waals surface area contributed by atoms with E-state index >= 15 is 0 Å². The van der Waals surface area contributed by atoms with Crippen LogP contribution in [0.15, 0.2) is 30.3 Å². The third-order valence-electron chi connectivity index (χ3n) is 4.26. The molecular weight excluding hydrogens is 384 g/mol. The van der Waals surface area contributed by atoms with Gasteiger partial charge in [0.05, 0.1) is 6.42 Å². The maximum atomic E-state index is 12.5. The summed E-state index contributed by atoms with van der Waals surface area (Å²) >= 11 is 0. The van der Waals surface area contributed by atoms with Gasteiger partial charge in [-0.15, -0.1) is 0 Å². The first-order valence-corrected chi connectivity index (χ1v) is 9.01. The largest absolute Gasteiger partial charge is 0.459 e. The molecule has 0 N–H and O–H groups in total. The predicted octanol–water partition coefficient (Wildman–Crippen LogP) is 1.48. The Bertz CT molecular complexity index is 746. The summed E-state index contributed by atoms with van der Waals surface area (Å²) in [5.74, 6) is -2.70. The minimum Gasteiger partial charge on any atom is -0.459 e. The molecule has 1 aromatic carbocycles. The Hall–Kier alpha value is -2.94. The van der Waals surface area contributed by atoms with Crippen molar-refractivity contribution in [3.8, 4) is 0 Å². The van der Waals surface area contributed by atoms with E-state index < -0.39 is 54.4 Å².